The van der Waals surface area contributed by atoms with Crippen LogP contribution in [0.4, 0.5) is 0 Å². The van der Waals surface area contributed by atoms with Crippen molar-refractivity contribution in [2.45, 2.75) is 0 Å². The zero-order valence-electron chi connectivity index (χ0n) is 18.4. The molecule has 3 heterocycles. The van der Waals surface area contributed by atoms with Crippen molar-refractivity contribution in [2.24, 2.45) is 0 Å². The topological polar surface area (TPSA) is 64.5 Å². The maximum atomic E-state index is 6.36. The molecule has 3 aromatic heterocycles. The van der Waals surface area contributed by atoms with Crippen LogP contribution in [0.3, 0.4) is 0 Å². The second kappa shape index (κ2) is 7.79. The molecule has 7 rings (SSSR count). The Bertz CT molecular complexity index is 1800. The molecule has 0 spiro atoms. The molecule has 0 amide bonds. The minimum absolute atomic E-state index is 0.102. The number of aromatic nitrogens is 5. The SMILES string of the molecule is Clc1nc(-c2ccc3ccc4ccccc4c3n2)nc(-c2ccc3ccc4ccccc4c3n2)n1. The molecule has 0 atom stereocenters. The summed E-state index contributed by atoms with van der Waals surface area (Å²) < 4.78 is 0. The number of halogens is 1. The summed E-state index contributed by atoms with van der Waals surface area (Å²) in [6, 6.07) is 32.6. The fraction of sp³-hybridized carbons (Fsp3) is 0. The molecule has 6 heteroatoms. The van der Waals surface area contributed by atoms with E-state index in [2.05, 4.69) is 58.5 Å². The highest BCUT2D eigenvalue weighted by Crippen LogP contribution is 2.29. The summed E-state index contributed by atoms with van der Waals surface area (Å²) in [6.07, 6.45) is 0. The van der Waals surface area contributed by atoms with E-state index in [9.17, 15) is 0 Å². The number of rotatable bonds is 2. The highest BCUT2D eigenvalue weighted by Gasteiger charge is 2.14. The van der Waals surface area contributed by atoms with Crippen LogP contribution < -0.4 is 0 Å². The normalized spacial score (nSPS) is 11.6. The minimum Gasteiger partial charge on any atom is -0.244 e. The van der Waals surface area contributed by atoms with Gasteiger partial charge in [0, 0.05) is 21.5 Å². The van der Waals surface area contributed by atoms with Gasteiger partial charge in [0.2, 0.25) is 5.28 Å². The van der Waals surface area contributed by atoms with Crippen LogP contribution in [0, 0.1) is 0 Å². The maximum absolute atomic E-state index is 6.36. The van der Waals surface area contributed by atoms with E-state index in [0.29, 0.717) is 23.0 Å². The van der Waals surface area contributed by atoms with Crippen LogP contribution in [0.25, 0.3) is 66.4 Å². The highest BCUT2D eigenvalue weighted by atomic mass is 35.5. The van der Waals surface area contributed by atoms with E-state index in [1.165, 1.54) is 0 Å². The molecular weight excluding hydrogens is 454 g/mol. The molecule has 0 aliphatic rings. The van der Waals surface area contributed by atoms with Crippen molar-refractivity contribution in [3.8, 4) is 23.0 Å². The van der Waals surface area contributed by atoms with Gasteiger partial charge in [0.15, 0.2) is 11.6 Å². The van der Waals surface area contributed by atoms with Gasteiger partial charge >= 0.3 is 0 Å². The molecule has 5 nitrogen and oxygen atoms in total. The fourth-order valence-corrected chi connectivity index (χ4v) is 4.70. The Morgan fingerprint density at radius 3 is 1.34 bits per heavy atom. The van der Waals surface area contributed by atoms with Crippen molar-refractivity contribution in [2.75, 3.05) is 0 Å². The molecule has 0 fully saturated rings. The van der Waals surface area contributed by atoms with Crippen molar-refractivity contribution in [3.63, 3.8) is 0 Å². The fourth-order valence-electron chi connectivity index (χ4n) is 4.54. The van der Waals surface area contributed by atoms with Gasteiger partial charge in [-0.1, -0.05) is 84.9 Å². The van der Waals surface area contributed by atoms with Crippen molar-refractivity contribution < 1.29 is 0 Å². The molecule has 0 saturated heterocycles. The lowest BCUT2D eigenvalue weighted by Gasteiger charge is -2.08. The lowest BCUT2D eigenvalue weighted by Crippen LogP contribution is -2.00. The second-order valence-electron chi connectivity index (χ2n) is 8.36. The van der Waals surface area contributed by atoms with Crippen molar-refractivity contribution in [3.05, 3.63) is 102 Å². The Labute approximate surface area is 205 Å². The number of hydrogen-bond acceptors (Lipinski definition) is 5. The van der Waals surface area contributed by atoms with Crippen LogP contribution in [0.15, 0.2) is 97.1 Å². The van der Waals surface area contributed by atoms with Crippen molar-refractivity contribution in [1.82, 2.24) is 24.9 Å². The van der Waals surface area contributed by atoms with Crippen LogP contribution in [-0.4, -0.2) is 24.9 Å². The first-order valence-electron chi connectivity index (χ1n) is 11.2. The van der Waals surface area contributed by atoms with Gasteiger partial charge in [-0.2, -0.15) is 9.97 Å². The van der Waals surface area contributed by atoms with E-state index in [1.807, 2.05) is 48.5 Å². The standard InChI is InChI=1S/C29H16ClN5/c30-29-34-27(23-15-13-19-11-9-17-5-1-3-7-21(17)25(19)31-23)33-28(35-29)24-16-14-20-12-10-18-6-2-4-8-22(18)26(20)32-24/h1-16H. The van der Waals surface area contributed by atoms with Crippen LogP contribution in [0.1, 0.15) is 0 Å². The third-order valence-corrected chi connectivity index (χ3v) is 6.40. The predicted octanol–water partition coefficient (Wildman–Crippen LogP) is 7.26. The first-order valence-corrected chi connectivity index (χ1v) is 11.6. The molecule has 35 heavy (non-hydrogen) atoms. The smallest absolute Gasteiger partial charge is 0.226 e. The molecule has 4 aromatic carbocycles. The Morgan fingerprint density at radius 1 is 0.400 bits per heavy atom. The monoisotopic (exact) mass is 469 g/mol. The lowest BCUT2D eigenvalue weighted by molar-refractivity contribution is 1.05. The maximum Gasteiger partial charge on any atom is 0.226 e. The third kappa shape index (κ3) is 3.36. The van der Waals surface area contributed by atoms with E-state index in [0.717, 1.165) is 43.4 Å². The molecule has 0 radical (unpaired) electrons. The first-order chi connectivity index (χ1) is 17.2. The Kier molecular flexibility index (Phi) is 4.44. The molecule has 164 valence electrons. The zero-order valence-corrected chi connectivity index (χ0v) is 19.1. The van der Waals surface area contributed by atoms with E-state index < -0.39 is 0 Å². The Balaban J connectivity index is 1.40. The van der Waals surface area contributed by atoms with Gasteiger partial charge < -0.3 is 0 Å². The third-order valence-electron chi connectivity index (χ3n) is 6.24. The van der Waals surface area contributed by atoms with Gasteiger partial charge in [-0.05, 0) is 34.5 Å². The van der Waals surface area contributed by atoms with E-state index in [4.69, 9.17) is 26.6 Å². The summed E-state index contributed by atoms with van der Waals surface area (Å²) in [5.74, 6) is 0.823. The van der Waals surface area contributed by atoms with Gasteiger partial charge in [-0.15, -0.1) is 0 Å². The van der Waals surface area contributed by atoms with Gasteiger partial charge in [0.05, 0.1) is 11.0 Å². The van der Waals surface area contributed by atoms with E-state index in [-0.39, 0.29) is 5.28 Å². The molecular formula is C29H16ClN5. The lowest BCUT2D eigenvalue weighted by atomic mass is 10.1. The van der Waals surface area contributed by atoms with Crippen molar-refractivity contribution >= 4 is 55.0 Å². The molecule has 0 aliphatic carbocycles. The van der Waals surface area contributed by atoms with E-state index >= 15 is 0 Å². The second-order valence-corrected chi connectivity index (χ2v) is 8.70. The van der Waals surface area contributed by atoms with Crippen LogP contribution >= 0.6 is 11.6 Å². The van der Waals surface area contributed by atoms with Crippen LogP contribution in [0.2, 0.25) is 5.28 Å². The minimum atomic E-state index is 0.102. The average Bonchev–Trinajstić information content (AvgIpc) is 2.92. The summed E-state index contributed by atoms with van der Waals surface area (Å²) in [5.41, 5.74) is 3.05. The summed E-state index contributed by atoms with van der Waals surface area (Å²) in [7, 11) is 0. The highest BCUT2D eigenvalue weighted by molar-refractivity contribution is 6.28. The molecule has 7 aromatic rings. The molecule has 0 unspecified atom stereocenters. The summed E-state index contributed by atoms with van der Waals surface area (Å²) in [4.78, 5) is 23.3. The van der Waals surface area contributed by atoms with Crippen LogP contribution in [-0.2, 0) is 0 Å². The van der Waals surface area contributed by atoms with Crippen molar-refractivity contribution in [1.29, 1.82) is 0 Å². The number of fused-ring (bicyclic) bond motifs is 6. The number of benzene rings is 4. The Morgan fingerprint density at radius 2 is 0.829 bits per heavy atom. The molecule has 0 aliphatic heterocycles. The predicted molar refractivity (Wildman–Crippen MR) is 141 cm³/mol. The van der Waals surface area contributed by atoms with Crippen LogP contribution in [0.5, 0.6) is 0 Å². The van der Waals surface area contributed by atoms with Gasteiger partial charge in [0.25, 0.3) is 0 Å². The number of pyridine rings is 2. The first kappa shape index (κ1) is 19.9. The summed E-state index contributed by atoms with van der Waals surface area (Å²) >= 11 is 6.36. The van der Waals surface area contributed by atoms with E-state index in [1.54, 1.807) is 0 Å². The number of nitrogens with zero attached hydrogens (tertiary/aromatic N) is 5. The Hall–Kier alpha value is -4.48. The number of hydrogen-bond donors (Lipinski definition) is 0. The quantitative estimate of drug-likeness (QED) is 0.249. The molecule has 0 saturated carbocycles. The zero-order chi connectivity index (χ0) is 23.4. The molecule has 0 N–H and O–H groups in total. The average molecular weight is 470 g/mol. The van der Waals surface area contributed by atoms with Gasteiger partial charge in [-0.3, -0.25) is 0 Å². The van der Waals surface area contributed by atoms with Gasteiger partial charge in [0.1, 0.15) is 11.4 Å². The van der Waals surface area contributed by atoms with Gasteiger partial charge in [-0.25, -0.2) is 15.0 Å². The summed E-state index contributed by atoms with van der Waals surface area (Å²) in [6.45, 7) is 0. The molecule has 0 bridgehead atoms. The summed E-state index contributed by atoms with van der Waals surface area (Å²) in [5, 5.41) is 6.63. The largest absolute Gasteiger partial charge is 0.244 e.